The Labute approximate surface area is 155 Å². The third-order valence-corrected chi connectivity index (χ3v) is 9.99. The number of nitrogens with one attached hydrogen (secondary N) is 1. The number of nitrogens with two attached hydrogens (primary N) is 1. The summed E-state index contributed by atoms with van der Waals surface area (Å²) >= 11 is 0. The number of carbonyl (C=O) groups excluding carboxylic acids is 1. The van der Waals surface area contributed by atoms with Crippen molar-refractivity contribution >= 4 is 36.0 Å². The molecule has 5 nitrogen and oxygen atoms in total. The molecule has 138 valence electrons. The fourth-order valence-corrected chi connectivity index (χ4v) is 4.31. The molecule has 2 heterocycles. The minimum atomic E-state index is -1.99. The predicted octanol–water partition coefficient (Wildman–Crippen LogP) is 4.90. The first kappa shape index (κ1) is 18.6. The first-order chi connectivity index (χ1) is 12.0. The van der Waals surface area contributed by atoms with Crippen LogP contribution in [0.1, 0.15) is 50.0 Å². The Balaban J connectivity index is 2.19. The van der Waals surface area contributed by atoms with Crippen LogP contribution >= 0.6 is 0 Å². The molecule has 2 aromatic heterocycles. The molecule has 0 spiro atoms. The molecule has 3 aromatic rings. The zero-order valence-electron chi connectivity index (χ0n) is 16.3. The second-order valence-corrected chi connectivity index (χ2v) is 13.1. The highest BCUT2D eigenvalue weighted by Crippen LogP contribution is 2.40. The fraction of sp³-hybridized carbons (Fsp3) is 0.400. The summed E-state index contributed by atoms with van der Waals surface area (Å²) in [5.41, 5.74) is 8.45. The molecule has 0 fully saturated rings. The van der Waals surface area contributed by atoms with Crippen LogP contribution in [0.15, 0.2) is 30.3 Å². The number of benzene rings is 1. The molecule has 1 atom stereocenters. The normalized spacial score (nSPS) is 14.1. The van der Waals surface area contributed by atoms with Crippen molar-refractivity contribution in [3.63, 3.8) is 0 Å². The molecular weight excluding hydrogens is 342 g/mol. The maximum atomic E-state index is 11.8. The number of nitrogens with zero attached hydrogens (tertiary/aromatic N) is 1. The third-order valence-electron chi connectivity index (χ3n) is 5.44. The number of aromatic amines is 1. The molecule has 26 heavy (non-hydrogen) atoms. The highest BCUT2D eigenvalue weighted by atomic mass is 28.4. The van der Waals surface area contributed by atoms with Crippen LogP contribution in [0.25, 0.3) is 21.8 Å². The molecule has 1 aromatic carbocycles. The first-order valence-corrected chi connectivity index (χ1v) is 11.8. The SMILES string of the molecule is C[C@H](O[Si](C)(C)C(C)(C)C)c1nc(C(N)=O)cc2c1[nH]c1ccccc12. The van der Waals surface area contributed by atoms with E-state index in [1.807, 2.05) is 31.2 Å². The molecule has 3 rings (SSSR count). The minimum Gasteiger partial charge on any atom is -0.409 e. The number of hydrogen-bond donors (Lipinski definition) is 2. The molecule has 0 saturated heterocycles. The van der Waals surface area contributed by atoms with Crippen LogP contribution in [0.3, 0.4) is 0 Å². The monoisotopic (exact) mass is 369 g/mol. The molecule has 0 aliphatic carbocycles. The van der Waals surface area contributed by atoms with E-state index in [9.17, 15) is 4.79 Å². The summed E-state index contributed by atoms with van der Waals surface area (Å²) < 4.78 is 6.53. The van der Waals surface area contributed by atoms with Gasteiger partial charge in [0.2, 0.25) is 0 Å². The third kappa shape index (κ3) is 3.15. The van der Waals surface area contributed by atoms with Crippen LogP contribution in [0.4, 0.5) is 0 Å². The molecular formula is C20H27N3O2Si. The molecule has 6 heteroatoms. The summed E-state index contributed by atoms with van der Waals surface area (Å²) in [4.78, 5) is 19.8. The Morgan fingerprint density at radius 1 is 1.23 bits per heavy atom. The first-order valence-electron chi connectivity index (χ1n) is 8.90. The van der Waals surface area contributed by atoms with Crippen LogP contribution in [0.5, 0.6) is 0 Å². The standard InChI is InChI=1S/C20H27N3O2Si/c1-12(25-26(5,6)20(2,3)4)17-18-14(11-16(23-17)19(21)24)13-9-7-8-10-15(13)22-18/h7-12,22H,1-6H3,(H2,21,24)/t12-/m0/s1. The van der Waals surface area contributed by atoms with Gasteiger partial charge in [-0.25, -0.2) is 4.98 Å². The molecule has 0 aliphatic heterocycles. The second kappa shape index (κ2) is 6.21. The van der Waals surface area contributed by atoms with E-state index in [0.717, 1.165) is 27.5 Å². The van der Waals surface area contributed by atoms with Crippen molar-refractivity contribution in [2.45, 2.75) is 51.9 Å². The fourth-order valence-electron chi connectivity index (χ4n) is 2.97. The number of para-hydroxylation sites is 1. The van der Waals surface area contributed by atoms with Crippen LogP contribution in [-0.4, -0.2) is 24.2 Å². The van der Waals surface area contributed by atoms with E-state index in [0.29, 0.717) is 0 Å². The van der Waals surface area contributed by atoms with E-state index >= 15 is 0 Å². The number of aromatic nitrogens is 2. The summed E-state index contributed by atoms with van der Waals surface area (Å²) in [6.07, 6.45) is -0.245. The Hall–Kier alpha value is -2.18. The van der Waals surface area contributed by atoms with Gasteiger partial charge in [0.15, 0.2) is 8.32 Å². The smallest absolute Gasteiger partial charge is 0.267 e. The Kier molecular flexibility index (Phi) is 4.44. The van der Waals surface area contributed by atoms with E-state index in [2.05, 4.69) is 43.8 Å². The van der Waals surface area contributed by atoms with Crippen molar-refractivity contribution in [3.05, 3.63) is 41.7 Å². The van der Waals surface area contributed by atoms with Crippen molar-refractivity contribution in [3.8, 4) is 0 Å². The minimum absolute atomic E-state index is 0.0854. The number of pyridine rings is 1. The highest BCUT2D eigenvalue weighted by Gasteiger charge is 2.39. The van der Waals surface area contributed by atoms with Crippen LogP contribution in [-0.2, 0) is 4.43 Å². The van der Waals surface area contributed by atoms with Gasteiger partial charge < -0.3 is 15.1 Å². The van der Waals surface area contributed by atoms with Gasteiger partial charge >= 0.3 is 0 Å². The highest BCUT2D eigenvalue weighted by molar-refractivity contribution is 6.74. The average molecular weight is 370 g/mol. The van der Waals surface area contributed by atoms with E-state index in [1.165, 1.54) is 0 Å². The van der Waals surface area contributed by atoms with E-state index in [-0.39, 0.29) is 16.8 Å². The summed E-state index contributed by atoms with van der Waals surface area (Å²) in [6.45, 7) is 13.0. The largest absolute Gasteiger partial charge is 0.409 e. The van der Waals surface area contributed by atoms with Crippen molar-refractivity contribution < 1.29 is 9.22 Å². The number of primary amides is 1. The van der Waals surface area contributed by atoms with Crippen molar-refractivity contribution in [1.82, 2.24) is 9.97 Å². The van der Waals surface area contributed by atoms with Crippen molar-refractivity contribution in [2.75, 3.05) is 0 Å². The summed E-state index contributed by atoms with van der Waals surface area (Å²) in [6, 6.07) is 9.77. The molecule has 0 bridgehead atoms. The van der Waals surface area contributed by atoms with Crippen LogP contribution < -0.4 is 5.73 Å². The van der Waals surface area contributed by atoms with E-state index in [1.54, 1.807) is 6.07 Å². The quantitative estimate of drug-likeness (QED) is 0.642. The van der Waals surface area contributed by atoms with Gasteiger partial charge in [0.25, 0.3) is 5.91 Å². The van der Waals surface area contributed by atoms with E-state index < -0.39 is 14.2 Å². The molecule has 0 radical (unpaired) electrons. The summed E-state index contributed by atoms with van der Waals surface area (Å²) in [7, 11) is -1.99. The molecule has 0 unspecified atom stereocenters. The van der Waals surface area contributed by atoms with E-state index in [4.69, 9.17) is 10.2 Å². The van der Waals surface area contributed by atoms with Crippen molar-refractivity contribution in [2.24, 2.45) is 5.73 Å². The average Bonchev–Trinajstić information content (AvgIpc) is 2.90. The summed E-state index contributed by atoms with van der Waals surface area (Å²) in [5.74, 6) is -0.530. The zero-order chi connectivity index (χ0) is 19.3. The lowest BCUT2D eigenvalue weighted by Crippen LogP contribution is -2.41. The number of hydrogen-bond acceptors (Lipinski definition) is 3. The number of rotatable bonds is 4. The number of H-pyrrole nitrogens is 1. The predicted molar refractivity (Wildman–Crippen MR) is 109 cm³/mol. The lowest BCUT2D eigenvalue weighted by molar-refractivity contribution is 0.0995. The molecule has 0 aliphatic rings. The Morgan fingerprint density at radius 2 is 1.88 bits per heavy atom. The maximum Gasteiger partial charge on any atom is 0.267 e. The van der Waals surface area contributed by atoms with Gasteiger partial charge in [0, 0.05) is 16.3 Å². The Morgan fingerprint density at radius 3 is 2.50 bits per heavy atom. The van der Waals surface area contributed by atoms with Gasteiger partial charge in [0.05, 0.1) is 17.3 Å². The lowest BCUT2D eigenvalue weighted by atomic mass is 10.1. The lowest BCUT2D eigenvalue weighted by Gasteiger charge is -2.38. The van der Waals surface area contributed by atoms with Crippen LogP contribution in [0.2, 0.25) is 18.1 Å². The van der Waals surface area contributed by atoms with Gasteiger partial charge in [-0.05, 0) is 37.2 Å². The summed E-state index contributed by atoms with van der Waals surface area (Å²) in [5, 5.41) is 2.08. The zero-order valence-corrected chi connectivity index (χ0v) is 17.3. The molecule has 3 N–H and O–H groups in total. The number of amides is 1. The molecule has 0 saturated carbocycles. The van der Waals surface area contributed by atoms with Gasteiger partial charge in [0.1, 0.15) is 5.69 Å². The van der Waals surface area contributed by atoms with Gasteiger partial charge in [-0.3, -0.25) is 4.79 Å². The second-order valence-electron chi connectivity index (χ2n) is 8.37. The number of carbonyl (C=O) groups is 1. The maximum absolute atomic E-state index is 11.8. The van der Waals surface area contributed by atoms with Gasteiger partial charge in [-0.15, -0.1) is 0 Å². The topological polar surface area (TPSA) is 81.0 Å². The van der Waals surface area contributed by atoms with Gasteiger partial charge in [-0.1, -0.05) is 39.0 Å². The number of fused-ring (bicyclic) bond motifs is 3. The van der Waals surface area contributed by atoms with Gasteiger partial charge in [-0.2, -0.15) is 0 Å². The van der Waals surface area contributed by atoms with Crippen molar-refractivity contribution in [1.29, 1.82) is 0 Å². The van der Waals surface area contributed by atoms with Crippen LogP contribution in [0, 0.1) is 0 Å². The molecule has 1 amide bonds. The Bertz CT molecular complexity index is 986.